The second-order valence-corrected chi connectivity index (χ2v) is 8.45. The van der Waals surface area contributed by atoms with Crippen LogP contribution >= 0.6 is 46.3 Å². The third-order valence-corrected chi connectivity index (χ3v) is 6.39. The Morgan fingerprint density at radius 1 is 1.11 bits per heavy atom. The molecule has 2 heterocycles. The van der Waals surface area contributed by atoms with Crippen LogP contribution in [0.15, 0.2) is 40.7 Å². The summed E-state index contributed by atoms with van der Waals surface area (Å²) in [5.41, 5.74) is 1.48. The van der Waals surface area contributed by atoms with Crippen molar-refractivity contribution in [1.82, 2.24) is 10.2 Å². The molecule has 2 aromatic carbocycles. The van der Waals surface area contributed by atoms with Crippen molar-refractivity contribution in [2.75, 3.05) is 12.1 Å². The molecule has 1 aromatic heterocycles. The minimum atomic E-state index is -0.287. The zero-order chi connectivity index (χ0) is 18.8. The number of carbonyl (C=O) groups excluding carboxylic acids is 1. The van der Waals surface area contributed by atoms with E-state index in [1.807, 2.05) is 12.1 Å². The standard InChI is InChI=1S/C17H11Cl2N3O3S2/c18-11-3-1-9(5-12(11)19)7-26-17-22-21-16(27-17)20-15(23)10-2-4-13-14(6-10)25-8-24-13/h1-6H,7-8H2,(H,20,21,23). The fourth-order valence-electron chi connectivity index (χ4n) is 2.30. The summed E-state index contributed by atoms with van der Waals surface area (Å²) in [4.78, 5) is 12.4. The zero-order valence-corrected chi connectivity index (χ0v) is 16.7. The van der Waals surface area contributed by atoms with E-state index in [-0.39, 0.29) is 12.7 Å². The van der Waals surface area contributed by atoms with Crippen molar-refractivity contribution in [2.45, 2.75) is 10.1 Å². The van der Waals surface area contributed by atoms with Gasteiger partial charge in [0.1, 0.15) is 0 Å². The lowest BCUT2D eigenvalue weighted by atomic mass is 10.2. The molecule has 0 saturated heterocycles. The van der Waals surface area contributed by atoms with Crippen LogP contribution in [0.3, 0.4) is 0 Å². The maximum atomic E-state index is 12.4. The number of fused-ring (bicyclic) bond motifs is 1. The number of aromatic nitrogens is 2. The second-order valence-electron chi connectivity index (χ2n) is 5.43. The average molecular weight is 440 g/mol. The molecule has 0 unspecified atom stereocenters. The smallest absolute Gasteiger partial charge is 0.257 e. The van der Waals surface area contributed by atoms with Gasteiger partial charge in [0.05, 0.1) is 10.0 Å². The zero-order valence-electron chi connectivity index (χ0n) is 13.6. The number of benzene rings is 2. The normalized spacial score (nSPS) is 12.2. The van der Waals surface area contributed by atoms with Gasteiger partial charge in [0.2, 0.25) is 11.9 Å². The largest absolute Gasteiger partial charge is 0.454 e. The molecule has 1 N–H and O–H groups in total. The maximum Gasteiger partial charge on any atom is 0.257 e. The van der Waals surface area contributed by atoms with E-state index in [0.29, 0.717) is 38.0 Å². The maximum absolute atomic E-state index is 12.4. The number of rotatable bonds is 5. The van der Waals surface area contributed by atoms with Gasteiger partial charge in [-0.25, -0.2) is 0 Å². The van der Waals surface area contributed by atoms with Gasteiger partial charge in [-0.1, -0.05) is 52.4 Å². The lowest BCUT2D eigenvalue weighted by Crippen LogP contribution is -2.11. The molecule has 138 valence electrons. The monoisotopic (exact) mass is 439 g/mol. The van der Waals surface area contributed by atoms with E-state index >= 15 is 0 Å². The van der Waals surface area contributed by atoms with E-state index in [1.165, 1.54) is 23.1 Å². The molecular formula is C17H11Cl2N3O3S2. The molecule has 4 rings (SSSR count). The van der Waals surface area contributed by atoms with Gasteiger partial charge in [0, 0.05) is 11.3 Å². The molecule has 0 atom stereocenters. The Morgan fingerprint density at radius 2 is 1.96 bits per heavy atom. The van der Waals surface area contributed by atoms with Crippen molar-refractivity contribution in [1.29, 1.82) is 0 Å². The first-order chi connectivity index (χ1) is 13.1. The molecule has 0 spiro atoms. The number of anilines is 1. The molecule has 10 heteroatoms. The molecule has 1 aliphatic rings. The second kappa shape index (κ2) is 7.93. The summed E-state index contributed by atoms with van der Waals surface area (Å²) in [6.07, 6.45) is 0. The third kappa shape index (κ3) is 4.30. The summed E-state index contributed by atoms with van der Waals surface area (Å²) in [7, 11) is 0. The summed E-state index contributed by atoms with van der Waals surface area (Å²) < 4.78 is 11.3. The lowest BCUT2D eigenvalue weighted by Gasteiger charge is -2.02. The summed E-state index contributed by atoms with van der Waals surface area (Å²) in [6.45, 7) is 0.163. The number of hydrogen-bond acceptors (Lipinski definition) is 7. The van der Waals surface area contributed by atoms with Crippen LogP contribution in [0, 0.1) is 0 Å². The summed E-state index contributed by atoms with van der Waals surface area (Å²) in [6, 6.07) is 10.5. The fourth-order valence-corrected chi connectivity index (χ4v) is 4.31. The van der Waals surface area contributed by atoms with Gasteiger partial charge >= 0.3 is 0 Å². The van der Waals surface area contributed by atoms with Crippen LogP contribution < -0.4 is 14.8 Å². The lowest BCUT2D eigenvalue weighted by molar-refractivity contribution is 0.102. The molecule has 0 fully saturated rings. The Kier molecular flexibility index (Phi) is 5.40. The molecule has 0 radical (unpaired) electrons. The van der Waals surface area contributed by atoms with Crippen LogP contribution in [-0.4, -0.2) is 22.9 Å². The number of nitrogens with one attached hydrogen (secondary N) is 1. The average Bonchev–Trinajstić information content (AvgIpc) is 3.31. The molecule has 6 nitrogen and oxygen atoms in total. The van der Waals surface area contributed by atoms with Gasteiger partial charge < -0.3 is 9.47 Å². The molecule has 3 aromatic rings. The number of halogens is 2. The molecule has 0 bridgehead atoms. The number of amides is 1. The predicted octanol–water partition coefficient (Wildman–Crippen LogP) is 5.12. The fraction of sp³-hybridized carbons (Fsp3) is 0.118. The van der Waals surface area contributed by atoms with Crippen molar-refractivity contribution in [3.05, 3.63) is 57.6 Å². The van der Waals surface area contributed by atoms with Crippen molar-refractivity contribution in [3.63, 3.8) is 0 Å². The number of hydrogen-bond donors (Lipinski definition) is 1. The highest BCUT2D eigenvalue weighted by atomic mass is 35.5. The van der Waals surface area contributed by atoms with Gasteiger partial charge in [-0.15, -0.1) is 10.2 Å². The highest BCUT2D eigenvalue weighted by Gasteiger charge is 2.17. The van der Waals surface area contributed by atoms with E-state index in [2.05, 4.69) is 15.5 Å². The van der Waals surface area contributed by atoms with Crippen molar-refractivity contribution >= 4 is 57.3 Å². The van der Waals surface area contributed by atoms with E-state index in [1.54, 1.807) is 24.3 Å². The van der Waals surface area contributed by atoms with Crippen molar-refractivity contribution in [3.8, 4) is 11.5 Å². The Balaban J connectivity index is 1.37. The highest BCUT2D eigenvalue weighted by molar-refractivity contribution is 8.00. The number of thioether (sulfide) groups is 1. The minimum absolute atomic E-state index is 0.163. The Hall–Kier alpha value is -2.00. The first-order valence-electron chi connectivity index (χ1n) is 7.70. The Morgan fingerprint density at radius 3 is 2.81 bits per heavy atom. The van der Waals surface area contributed by atoms with Crippen LogP contribution in [0.2, 0.25) is 10.0 Å². The SMILES string of the molecule is O=C(Nc1nnc(SCc2ccc(Cl)c(Cl)c2)s1)c1ccc2c(c1)OCO2. The first-order valence-corrected chi connectivity index (χ1v) is 10.3. The predicted molar refractivity (Wildman–Crippen MR) is 106 cm³/mol. The van der Waals surface area contributed by atoms with E-state index < -0.39 is 0 Å². The van der Waals surface area contributed by atoms with Crippen LogP contribution in [-0.2, 0) is 5.75 Å². The van der Waals surface area contributed by atoms with Gasteiger partial charge in [0.15, 0.2) is 15.8 Å². The molecule has 1 aliphatic heterocycles. The van der Waals surface area contributed by atoms with Gasteiger partial charge in [-0.3, -0.25) is 10.1 Å². The summed E-state index contributed by atoms with van der Waals surface area (Å²) in [5, 5.41) is 12.3. The Bertz CT molecular complexity index is 1010. The number of carbonyl (C=O) groups is 1. The molecule has 27 heavy (non-hydrogen) atoms. The first kappa shape index (κ1) is 18.4. The Labute approximate surface area is 172 Å². The molecule has 0 aliphatic carbocycles. The van der Waals surface area contributed by atoms with Gasteiger partial charge in [-0.2, -0.15) is 0 Å². The quantitative estimate of drug-likeness (QED) is 0.439. The van der Waals surface area contributed by atoms with Crippen LogP contribution in [0.25, 0.3) is 0 Å². The van der Waals surface area contributed by atoms with Crippen molar-refractivity contribution < 1.29 is 14.3 Å². The minimum Gasteiger partial charge on any atom is -0.454 e. The van der Waals surface area contributed by atoms with Crippen LogP contribution in [0.4, 0.5) is 5.13 Å². The third-order valence-electron chi connectivity index (χ3n) is 3.61. The van der Waals surface area contributed by atoms with E-state index in [0.717, 1.165) is 9.90 Å². The molecule has 0 saturated carbocycles. The van der Waals surface area contributed by atoms with Gasteiger partial charge in [0.25, 0.3) is 5.91 Å². The number of nitrogens with zero attached hydrogens (tertiary/aromatic N) is 2. The highest BCUT2D eigenvalue weighted by Crippen LogP contribution is 2.33. The van der Waals surface area contributed by atoms with Crippen LogP contribution in [0.5, 0.6) is 11.5 Å². The molecular weight excluding hydrogens is 429 g/mol. The number of ether oxygens (including phenoxy) is 2. The van der Waals surface area contributed by atoms with Crippen LogP contribution in [0.1, 0.15) is 15.9 Å². The van der Waals surface area contributed by atoms with Gasteiger partial charge in [-0.05, 0) is 35.9 Å². The van der Waals surface area contributed by atoms with E-state index in [4.69, 9.17) is 32.7 Å². The topological polar surface area (TPSA) is 73.3 Å². The van der Waals surface area contributed by atoms with Crippen molar-refractivity contribution in [2.24, 2.45) is 0 Å². The molecule has 1 amide bonds. The van der Waals surface area contributed by atoms with E-state index in [9.17, 15) is 4.79 Å². The summed E-state index contributed by atoms with van der Waals surface area (Å²) in [5.74, 6) is 1.56. The summed E-state index contributed by atoms with van der Waals surface area (Å²) >= 11 is 14.7.